The van der Waals surface area contributed by atoms with Crippen molar-refractivity contribution in [3.05, 3.63) is 0 Å². The molecule has 0 aromatic carbocycles. The van der Waals surface area contributed by atoms with Gasteiger partial charge >= 0.3 is 0 Å². The molecule has 1 fully saturated rings. The van der Waals surface area contributed by atoms with Gasteiger partial charge in [0.2, 0.25) is 0 Å². The Morgan fingerprint density at radius 1 is 1.62 bits per heavy atom. The van der Waals surface area contributed by atoms with Gasteiger partial charge in [-0.3, -0.25) is 0 Å². The average Bonchev–Trinajstić information content (AvgIpc) is 2.65. The topological polar surface area (TPSA) is 44.5 Å². The van der Waals surface area contributed by atoms with Crippen LogP contribution in [0.1, 0.15) is 19.8 Å². The summed E-state index contributed by atoms with van der Waals surface area (Å²) in [6.45, 7) is 4.73. The maximum Gasteiger partial charge on any atom is 0.0510 e. The van der Waals surface area contributed by atoms with Crippen molar-refractivity contribution in [1.29, 1.82) is 0 Å². The van der Waals surface area contributed by atoms with E-state index in [9.17, 15) is 0 Å². The molecule has 1 heterocycles. The zero-order valence-corrected chi connectivity index (χ0v) is 8.66. The Morgan fingerprint density at radius 3 is 2.92 bits per heavy atom. The molecule has 1 aliphatic rings. The maximum absolute atomic E-state index is 6.13. The van der Waals surface area contributed by atoms with Gasteiger partial charge < -0.3 is 15.2 Å². The van der Waals surface area contributed by atoms with E-state index in [1.165, 1.54) is 0 Å². The summed E-state index contributed by atoms with van der Waals surface area (Å²) in [7, 11) is 1.73. The number of ether oxygens (including phenoxy) is 2. The molecule has 2 N–H and O–H groups in total. The van der Waals surface area contributed by atoms with E-state index in [2.05, 4.69) is 6.92 Å². The van der Waals surface area contributed by atoms with E-state index in [1.807, 2.05) is 0 Å². The predicted molar refractivity (Wildman–Crippen MR) is 52.6 cm³/mol. The van der Waals surface area contributed by atoms with Crippen LogP contribution >= 0.6 is 0 Å². The summed E-state index contributed by atoms with van der Waals surface area (Å²) in [5, 5.41) is 0. The third-order valence-corrected chi connectivity index (χ3v) is 2.94. The first-order valence-corrected chi connectivity index (χ1v) is 5.08. The van der Waals surface area contributed by atoms with Gasteiger partial charge in [-0.15, -0.1) is 0 Å². The molecule has 0 radical (unpaired) electrons. The van der Waals surface area contributed by atoms with E-state index in [1.54, 1.807) is 7.11 Å². The lowest BCUT2D eigenvalue weighted by atomic mass is 9.88. The van der Waals surface area contributed by atoms with Gasteiger partial charge in [0.05, 0.1) is 6.61 Å². The van der Waals surface area contributed by atoms with E-state index >= 15 is 0 Å². The first-order valence-electron chi connectivity index (χ1n) is 5.08. The minimum atomic E-state index is 0.276. The zero-order chi connectivity index (χ0) is 9.68. The Kier molecular flexibility index (Phi) is 4.70. The summed E-state index contributed by atoms with van der Waals surface area (Å²) in [5.74, 6) is 1.10. The van der Waals surface area contributed by atoms with Gasteiger partial charge in [-0.25, -0.2) is 0 Å². The normalized spacial score (nSPS) is 27.5. The summed E-state index contributed by atoms with van der Waals surface area (Å²) in [4.78, 5) is 0. The summed E-state index contributed by atoms with van der Waals surface area (Å²) in [5.41, 5.74) is 6.13. The molecule has 0 aromatic heterocycles. The standard InChI is InChI=1S/C10H21NO2/c1-8(3-5-12-2)10(11)9-4-6-13-7-9/h8-10H,3-7,11H2,1-2H3. The molecular weight excluding hydrogens is 166 g/mol. The second-order valence-corrected chi connectivity index (χ2v) is 3.96. The van der Waals surface area contributed by atoms with E-state index in [0.717, 1.165) is 32.7 Å². The van der Waals surface area contributed by atoms with Crippen molar-refractivity contribution in [2.24, 2.45) is 17.6 Å². The Morgan fingerprint density at radius 2 is 2.38 bits per heavy atom. The first-order chi connectivity index (χ1) is 6.25. The minimum absolute atomic E-state index is 0.276. The number of nitrogens with two attached hydrogens (primary N) is 1. The predicted octanol–water partition coefficient (Wildman–Crippen LogP) is 1.02. The zero-order valence-electron chi connectivity index (χ0n) is 8.66. The molecule has 3 nitrogen and oxygen atoms in total. The molecule has 3 heteroatoms. The summed E-state index contributed by atoms with van der Waals surface area (Å²) < 4.78 is 10.4. The van der Waals surface area contributed by atoms with Crippen LogP contribution in [0.15, 0.2) is 0 Å². The van der Waals surface area contributed by atoms with E-state index in [4.69, 9.17) is 15.2 Å². The van der Waals surface area contributed by atoms with E-state index in [-0.39, 0.29) is 6.04 Å². The molecule has 78 valence electrons. The van der Waals surface area contributed by atoms with Crippen molar-refractivity contribution >= 4 is 0 Å². The monoisotopic (exact) mass is 187 g/mol. The van der Waals surface area contributed by atoms with Crippen LogP contribution in [0.3, 0.4) is 0 Å². The van der Waals surface area contributed by atoms with Crippen LogP contribution in [0.2, 0.25) is 0 Å². The fourth-order valence-electron chi connectivity index (χ4n) is 1.82. The van der Waals surface area contributed by atoms with Crippen molar-refractivity contribution in [2.75, 3.05) is 26.9 Å². The molecular formula is C10H21NO2. The van der Waals surface area contributed by atoms with Crippen LogP contribution in [0.5, 0.6) is 0 Å². The number of methoxy groups -OCH3 is 1. The molecule has 1 rings (SSSR count). The van der Waals surface area contributed by atoms with Crippen LogP contribution in [0, 0.1) is 11.8 Å². The number of hydrogen-bond acceptors (Lipinski definition) is 3. The van der Waals surface area contributed by atoms with Gasteiger partial charge in [0.15, 0.2) is 0 Å². The smallest absolute Gasteiger partial charge is 0.0510 e. The van der Waals surface area contributed by atoms with Crippen molar-refractivity contribution in [3.8, 4) is 0 Å². The largest absolute Gasteiger partial charge is 0.385 e. The van der Waals surface area contributed by atoms with Gasteiger partial charge in [0.1, 0.15) is 0 Å². The molecule has 0 spiro atoms. The lowest BCUT2D eigenvalue weighted by Gasteiger charge is -2.24. The SMILES string of the molecule is COCCC(C)C(N)C1CCOC1. The van der Waals surface area contributed by atoms with Gasteiger partial charge in [-0.05, 0) is 24.7 Å². The van der Waals surface area contributed by atoms with Crippen LogP contribution in [0.4, 0.5) is 0 Å². The third-order valence-electron chi connectivity index (χ3n) is 2.94. The summed E-state index contributed by atoms with van der Waals surface area (Å²) in [6.07, 6.45) is 2.17. The molecule has 13 heavy (non-hydrogen) atoms. The molecule has 3 unspecified atom stereocenters. The van der Waals surface area contributed by atoms with Crippen molar-refractivity contribution in [2.45, 2.75) is 25.8 Å². The number of hydrogen-bond donors (Lipinski definition) is 1. The highest BCUT2D eigenvalue weighted by Gasteiger charge is 2.26. The molecule has 1 aliphatic heterocycles. The fraction of sp³-hybridized carbons (Fsp3) is 1.00. The fourth-order valence-corrected chi connectivity index (χ4v) is 1.82. The van der Waals surface area contributed by atoms with Crippen LogP contribution in [0.25, 0.3) is 0 Å². The number of rotatable bonds is 5. The van der Waals surface area contributed by atoms with Crippen LogP contribution < -0.4 is 5.73 Å². The maximum atomic E-state index is 6.13. The van der Waals surface area contributed by atoms with Gasteiger partial charge in [0.25, 0.3) is 0 Å². The van der Waals surface area contributed by atoms with Crippen molar-refractivity contribution < 1.29 is 9.47 Å². The van der Waals surface area contributed by atoms with E-state index < -0.39 is 0 Å². The molecule has 1 saturated heterocycles. The molecule has 0 amide bonds. The Bertz CT molecular complexity index is 135. The second-order valence-electron chi connectivity index (χ2n) is 3.96. The highest BCUT2D eigenvalue weighted by Crippen LogP contribution is 2.21. The third kappa shape index (κ3) is 3.25. The molecule has 0 saturated carbocycles. The summed E-state index contributed by atoms with van der Waals surface area (Å²) >= 11 is 0. The minimum Gasteiger partial charge on any atom is -0.385 e. The quantitative estimate of drug-likeness (QED) is 0.699. The Balaban J connectivity index is 2.23. The highest BCUT2D eigenvalue weighted by molar-refractivity contribution is 4.80. The van der Waals surface area contributed by atoms with Gasteiger partial charge in [0, 0.05) is 26.4 Å². The van der Waals surface area contributed by atoms with Crippen LogP contribution in [-0.2, 0) is 9.47 Å². The summed E-state index contributed by atoms with van der Waals surface area (Å²) in [6, 6.07) is 0.276. The average molecular weight is 187 g/mol. The lowest BCUT2D eigenvalue weighted by molar-refractivity contribution is 0.153. The van der Waals surface area contributed by atoms with Crippen LogP contribution in [-0.4, -0.2) is 33.0 Å². The Hall–Kier alpha value is -0.120. The van der Waals surface area contributed by atoms with Crippen molar-refractivity contribution in [3.63, 3.8) is 0 Å². The first kappa shape index (κ1) is 11.0. The Labute approximate surface area is 80.6 Å². The van der Waals surface area contributed by atoms with Gasteiger partial charge in [-0.1, -0.05) is 6.92 Å². The van der Waals surface area contributed by atoms with Crippen molar-refractivity contribution in [1.82, 2.24) is 0 Å². The molecule has 0 bridgehead atoms. The second kappa shape index (κ2) is 5.58. The lowest BCUT2D eigenvalue weighted by Crippen LogP contribution is -2.37. The van der Waals surface area contributed by atoms with E-state index in [0.29, 0.717) is 11.8 Å². The molecule has 0 aromatic rings. The molecule has 0 aliphatic carbocycles. The molecule has 3 atom stereocenters. The van der Waals surface area contributed by atoms with Gasteiger partial charge in [-0.2, -0.15) is 0 Å². The highest BCUT2D eigenvalue weighted by atomic mass is 16.5.